The van der Waals surface area contributed by atoms with Gasteiger partial charge in [0.2, 0.25) is 17.7 Å². The summed E-state index contributed by atoms with van der Waals surface area (Å²) < 4.78 is 0. The number of hydrogen-bond donors (Lipinski definition) is 9. The highest BCUT2D eigenvalue weighted by Gasteiger charge is 2.29. The minimum atomic E-state index is -1.24. The Morgan fingerprint density at radius 2 is 1.49 bits per heavy atom. The maximum absolute atomic E-state index is 13.0. The number of guanidine groups is 1. The van der Waals surface area contributed by atoms with Gasteiger partial charge in [0, 0.05) is 12.3 Å². The third kappa shape index (κ3) is 14.7. The third-order valence-corrected chi connectivity index (χ3v) is 5.93. The van der Waals surface area contributed by atoms with Crippen molar-refractivity contribution in [2.45, 2.75) is 62.7 Å². The van der Waals surface area contributed by atoms with Gasteiger partial charge in [-0.15, -0.1) is 0 Å². The Labute approximate surface area is 215 Å². The second-order valence-corrected chi connectivity index (χ2v) is 9.18. The van der Waals surface area contributed by atoms with Crippen molar-refractivity contribution < 1.29 is 24.3 Å². The first-order valence-corrected chi connectivity index (χ1v) is 13.3. The fraction of sp³-hybridized carbons (Fsp3) is 0.750. The molecule has 13 nitrogen and oxygen atoms in total. The molecule has 0 aromatic carbocycles. The molecule has 3 amide bonds. The van der Waals surface area contributed by atoms with Gasteiger partial charge in [-0.3, -0.25) is 19.4 Å². The van der Waals surface area contributed by atoms with Gasteiger partial charge in [-0.2, -0.15) is 24.4 Å². The first-order chi connectivity index (χ1) is 16.6. The molecule has 0 fully saturated rings. The van der Waals surface area contributed by atoms with Gasteiger partial charge in [-0.05, 0) is 57.1 Å². The van der Waals surface area contributed by atoms with Crippen LogP contribution in [0.25, 0.3) is 0 Å². The lowest BCUT2D eigenvalue weighted by molar-refractivity contribution is -0.141. The van der Waals surface area contributed by atoms with Gasteiger partial charge in [-0.1, -0.05) is 0 Å². The predicted molar refractivity (Wildman–Crippen MR) is 141 cm³/mol. The summed E-state index contributed by atoms with van der Waals surface area (Å²) in [6.07, 6.45) is 4.37. The van der Waals surface area contributed by atoms with E-state index in [0.29, 0.717) is 50.9 Å². The van der Waals surface area contributed by atoms with Crippen LogP contribution < -0.4 is 38.9 Å². The number of rotatable bonds is 19. The number of carboxylic acid groups (broad SMARTS) is 1. The lowest BCUT2D eigenvalue weighted by atomic mass is 10.1. The average molecular weight is 537 g/mol. The van der Waals surface area contributed by atoms with Crippen molar-refractivity contribution in [1.29, 1.82) is 0 Å². The van der Waals surface area contributed by atoms with Gasteiger partial charge < -0.3 is 44.0 Å². The van der Waals surface area contributed by atoms with Crippen molar-refractivity contribution in [1.82, 2.24) is 16.0 Å². The quantitative estimate of drug-likeness (QED) is 0.0370. The van der Waals surface area contributed by atoms with Crippen molar-refractivity contribution in [2.75, 3.05) is 30.9 Å². The molecule has 0 aromatic heterocycles. The second kappa shape index (κ2) is 19.0. The molecule has 4 unspecified atom stereocenters. The van der Waals surface area contributed by atoms with E-state index in [2.05, 4.69) is 33.6 Å². The third-order valence-electron chi connectivity index (χ3n) is 4.93. The Bertz CT molecular complexity index is 709. The Morgan fingerprint density at radius 1 is 0.914 bits per heavy atom. The summed E-state index contributed by atoms with van der Waals surface area (Å²) in [5.41, 5.74) is 22.0. The molecule has 0 saturated carbocycles. The van der Waals surface area contributed by atoms with Crippen LogP contribution in [0.1, 0.15) is 38.5 Å². The van der Waals surface area contributed by atoms with Crippen LogP contribution in [0.2, 0.25) is 0 Å². The Balaban J connectivity index is 5.28. The minimum absolute atomic E-state index is 0.0501. The van der Waals surface area contributed by atoms with Crippen LogP contribution in [-0.4, -0.2) is 89.8 Å². The molecule has 202 valence electrons. The van der Waals surface area contributed by atoms with Gasteiger partial charge in [0.15, 0.2) is 5.96 Å². The fourth-order valence-electron chi connectivity index (χ4n) is 2.93. The zero-order valence-electron chi connectivity index (χ0n) is 20.1. The lowest BCUT2D eigenvalue weighted by Gasteiger charge is -2.25. The summed E-state index contributed by atoms with van der Waals surface area (Å²) in [5.74, 6) is -2.55. The number of unbranched alkanes of at least 4 members (excludes halogenated alkanes) is 1. The number of nitrogens with one attached hydrogen (secondary N) is 3. The Morgan fingerprint density at radius 3 is 2.00 bits per heavy atom. The summed E-state index contributed by atoms with van der Waals surface area (Å²) in [5, 5.41) is 16.9. The summed E-state index contributed by atoms with van der Waals surface area (Å²) in [6, 6.07) is -4.01. The number of carbonyl (C=O) groups excluding carboxylic acids is 3. The van der Waals surface area contributed by atoms with Crippen molar-refractivity contribution in [3.05, 3.63) is 0 Å². The van der Waals surface area contributed by atoms with E-state index in [4.69, 9.17) is 22.9 Å². The van der Waals surface area contributed by atoms with Gasteiger partial charge in [-0.25, -0.2) is 4.79 Å². The van der Waals surface area contributed by atoms with Crippen LogP contribution in [0.15, 0.2) is 4.99 Å². The molecular formula is C20H40N8O5S2. The second-order valence-electron chi connectivity index (χ2n) is 7.83. The number of amides is 3. The molecule has 0 radical (unpaired) electrons. The molecule has 0 bridgehead atoms. The summed E-state index contributed by atoms with van der Waals surface area (Å²) in [4.78, 5) is 53.4. The monoisotopic (exact) mass is 536 g/mol. The number of carbonyl (C=O) groups is 4. The SMILES string of the molecule is CSCCC(NC(=O)C(N)CCCN=C(N)N)C(=O)NC(CCCCN)C(=O)NC(CS)C(=O)O. The summed E-state index contributed by atoms with van der Waals surface area (Å²) >= 11 is 5.43. The Kier molecular flexibility index (Phi) is 17.8. The molecule has 0 aliphatic carbocycles. The first kappa shape index (κ1) is 32.8. The highest BCUT2D eigenvalue weighted by molar-refractivity contribution is 7.98. The molecule has 15 heteroatoms. The van der Waals surface area contributed by atoms with Gasteiger partial charge in [0.05, 0.1) is 6.04 Å². The number of thioether (sulfide) groups is 1. The van der Waals surface area contributed by atoms with Crippen molar-refractivity contribution in [3.63, 3.8) is 0 Å². The maximum atomic E-state index is 13.0. The lowest BCUT2D eigenvalue weighted by Crippen LogP contribution is -2.57. The van der Waals surface area contributed by atoms with E-state index in [1.807, 2.05) is 6.26 Å². The van der Waals surface area contributed by atoms with Crippen LogP contribution >= 0.6 is 24.4 Å². The number of thiol groups is 1. The minimum Gasteiger partial charge on any atom is -0.480 e. The van der Waals surface area contributed by atoms with Crippen molar-refractivity contribution in [3.8, 4) is 0 Å². The van der Waals surface area contributed by atoms with Crippen molar-refractivity contribution in [2.24, 2.45) is 27.9 Å². The summed E-state index contributed by atoms with van der Waals surface area (Å²) in [6.45, 7) is 0.729. The largest absolute Gasteiger partial charge is 0.480 e. The molecule has 0 heterocycles. The normalized spacial score (nSPS) is 14.2. The average Bonchev–Trinajstić information content (AvgIpc) is 2.81. The number of hydrogen-bond acceptors (Lipinski definition) is 9. The highest BCUT2D eigenvalue weighted by Crippen LogP contribution is 2.07. The fourth-order valence-corrected chi connectivity index (χ4v) is 3.64. The molecule has 12 N–H and O–H groups in total. The number of nitrogens with two attached hydrogens (primary N) is 4. The molecule has 0 aliphatic heterocycles. The molecule has 35 heavy (non-hydrogen) atoms. The standard InChI is InChI=1S/C20H40N8O5S2/c1-35-10-7-14(26-16(29)12(22)5-4-9-25-20(23)24)18(31)27-13(6-2-3-8-21)17(30)28-15(11-34)19(32)33/h12-15,34H,2-11,21-22H2,1H3,(H,26,29)(H,27,31)(H,28,30)(H,32,33)(H4,23,24,25). The number of aliphatic imine (C=N–C) groups is 1. The van der Waals surface area contributed by atoms with E-state index in [0.717, 1.165) is 0 Å². The van der Waals surface area contributed by atoms with Gasteiger partial charge in [0.25, 0.3) is 0 Å². The molecule has 0 aliphatic rings. The van der Waals surface area contributed by atoms with E-state index in [9.17, 15) is 24.3 Å². The first-order valence-electron chi connectivity index (χ1n) is 11.3. The van der Waals surface area contributed by atoms with Gasteiger partial charge in [0.1, 0.15) is 18.1 Å². The molecule has 0 rings (SSSR count). The molecule has 0 spiro atoms. The Hall–Kier alpha value is -2.23. The topological polar surface area (TPSA) is 241 Å². The molecule has 0 saturated heterocycles. The molecular weight excluding hydrogens is 496 g/mol. The van der Waals surface area contributed by atoms with E-state index >= 15 is 0 Å². The van der Waals surface area contributed by atoms with Crippen LogP contribution in [0.4, 0.5) is 0 Å². The van der Waals surface area contributed by atoms with Crippen LogP contribution in [-0.2, 0) is 19.2 Å². The van der Waals surface area contributed by atoms with E-state index in [1.165, 1.54) is 11.8 Å². The van der Waals surface area contributed by atoms with Gasteiger partial charge >= 0.3 is 5.97 Å². The molecule has 4 atom stereocenters. The smallest absolute Gasteiger partial charge is 0.327 e. The maximum Gasteiger partial charge on any atom is 0.327 e. The van der Waals surface area contributed by atoms with E-state index in [-0.39, 0.29) is 18.1 Å². The predicted octanol–water partition coefficient (Wildman–Crippen LogP) is -2.28. The number of aliphatic carboxylic acids is 1. The highest BCUT2D eigenvalue weighted by atomic mass is 32.2. The number of carboxylic acids is 1. The zero-order valence-corrected chi connectivity index (χ0v) is 21.8. The van der Waals surface area contributed by atoms with Crippen LogP contribution in [0.5, 0.6) is 0 Å². The van der Waals surface area contributed by atoms with Crippen LogP contribution in [0, 0.1) is 0 Å². The summed E-state index contributed by atoms with van der Waals surface area (Å²) in [7, 11) is 0. The number of nitrogens with zero attached hydrogens (tertiary/aromatic N) is 1. The molecule has 0 aromatic rings. The van der Waals surface area contributed by atoms with Crippen LogP contribution in [0.3, 0.4) is 0 Å². The van der Waals surface area contributed by atoms with Crippen molar-refractivity contribution >= 4 is 54.0 Å². The van der Waals surface area contributed by atoms with E-state index in [1.54, 1.807) is 0 Å². The van der Waals surface area contributed by atoms with E-state index < -0.39 is 47.9 Å². The zero-order chi connectivity index (χ0) is 26.8.